The molecule has 0 aliphatic heterocycles. The zero-order chi connectivity index (χ0) is 16.7. The van der Waals surface area contributed by atoms with Gasteiger partial charge in [0, 0.05) is 6.21 Å². The standard InChI is InChI=1S/C19H18BrNO2/c1-4-10-23-19-17(20)11-15(12-18(19)22-3)13-21-16-8-6-14(5-2)7-9-16/h1,6-9,11-13H,5,10H2,2-3H3. The summed E-state index contributed by atoms with van der Waals surface area (Å²) in [7, 11) is 1.59. The van der Waals surface area contributed by atoms with Crippen molar-refractivity contribution in [2.24, 2.45) is 4.99 Å². The van der Waals surface area contributed by atoms with Crippen LogP contribution in [-0.4, -0.2) is 19.9 Å². The molecule has 0 radical (unpaired) electrons. The van der Waals surface area contributed by atoms with Crippen molar-refractivity contribution >= 4 is 27.8 Å². The zero-order valence-electron chi connectivity index (χ0n) is 13.2. The Morgan fingerprint density at radius 2 is 2.00 bits per heavy atom. The minimum atomic E-state index is 0.187. The maximum absolute atomic E-state index is 5.50. The van der Waals surface area contributed by atoms with Gasteiger partial charge < -0.3 is 9.47 Å². The number of rotatable bonds is 6. The van der Waals surface area contributed by atoms with E-state index in [-0.39, 0.29) is 6.61 Å². The third-order valence-corrected chi connectivity index (χ3v) is 3.85. The number of terminal acetylenes is 1. The maximum Gasteiger partial charge on any atom is 0.176 e. The first-order chi connectivity index (χ1) is 11.2. The van der Waals surface area contributed by atoms with Gasteiger partial charge in [-0.2, -0.15) is 0 Å². The molecule has 0 spiro atoms. The van der Waals surface area contributed by atoms with Crippen LogP contribution < -0.4 is 9.47 Å². The topological polar surface area (TPSA) is 30.8 Å². The maximum atomic E-state index is 5.50. The van der Waals surface area contributed by atoms with E-state index in [1.165, 1.54) is 5.56 Å². The summed E-state index contributed by atoms with van der Waals surface area (Å²) in [6.07, 6.45) is 8.04. The van der Waals surface area contributed by atoms with E-state index in [1.807, 2.05) is 24.3 Å². The molecule has 0 aromatic heterocycles. The van der Waals surface area contributed by atoms with Crippen LogP contribution in [0.15, 0.2) is 45.9 Å². The summed E-state index contributed by atoms with van der Waals surface area (Å²) in [6.45, 7) is 2.32. The second-order valence-electron chi connectivity index (χ2n) is 4.81. The van der Waals surface area contributed by atoms with Gasteiger partial charge in [0.05, 0.1) is 17.3 Å². The number of halogens is 1. The van der Waals surface area contributed by atoms with Crippen molar-refractivity contribution in [2.45, 2.75) is 13.3 Å². The number of benzene rings is 2. The molecule has 0 unspecified atom stereocenters. The average Bonchev–Trinajstić information content (AvgIpc) is 2.59. The van der Waals surface area contributed by atoms with Crippen molar-refractivity contribution in [3.63, 3.8) is 0 Å². The molecule has 23 heavy (non-hydrogen) atoms. The SMILES string of the molecule is C#CCOc1c(Br)cc(C=Nc2ccc(CC)cc2)cc1OC. The lowest BCUT2D eigenvalue weighted by molar-refractivity contribution is 0.329. The van der Waals surface area contributed by atoms with Gasteiger partial charge in [0.25, 0.3) is 0 Å². The second kappa shape index (κ2) is 8.40. The Morgan fingerprint density at radius 3 is 2.61 bits per heavy atom. The minimum absolute atomic E-state index is 0.187. The third-order valence-electron chi connectivity index (χ3n) is 3.26. The zero-order valence-corrected chi connectivity index (χ0v) is 14.8. The lowest BCUT2D eigenvalue weighted by Gasteiger charge is -2.11. The second-order valence-corrected chi connectivity index (χ2v) is 5.66. The highest BCUT2D eigenvalue weighted by Crippen LogP contribution is 2.36. The molecular formula is C19H18BrNO2. The molecule has 0 saturated carbocycles. The summed E-state index contributed by atoms with van der Waals surface area (Å²) in [4.78, 5) is 4.49. The first-order valence-electron chi connectivity index (χ1n) is 7.24. The van der Waals surface area contributed by atoms with Crippen LogP contribution in [0, 0.1) is 12.3 Å². The molecule has 2 aromatic carbocycles. The van der Waals surface area contributed by atoms with Gasteiger partial charge in [-0.15, -0.1) is 6.42 Å². The monoisotopic (exact) mass is 371 g/mol. The molecule has 0 aliphatic rings. The van der Waals surface area contributed by atoms with Gasteiger partial charge in [0.15, 0.2) is 11.5 Å². The molecule has 2 aromatic rings. The van der Waals surface area contributed by atoms with Crippen LogP contribution in [0.25, 0.3) is 0 Å². The Morgan fingerprint density at radius 1 is 1.26 bits per heavy atom. The van der Waals surface area contributed by atoms with E-state index in [9.17, 15) is 0 Å². The Balaban J connectivity index is 2.24. The van der Waals surface area contributed by atoms with Crippen molar-refractivity contribution in [2.75, 3.05) is 13.7 Å². The van der Waals surface area contributed by atoms with Crippen LogP contribution in [0.1, 0.15) is 18.1 Å². The lowest BCUT2D eigenvalue weighted by Crippen LogP contribution is -1.98. The van der Waals surface area contributed by atoms with Crippen molar-refractivity contribution in [1.82, 2.24) is 0 Å². The van der Waals surface area contributed by atoms with Crippen LogP contribution in [-0.2, 0) is 6.42 Å². The van der Waals surface area contributed by atoms with Crippen molar-refractivity contribution < 1.29 is 9.47 Å². The molecule has 0 saturated heterocycles. The highest BCUT2D eigenvalue weighted by molar-refractivity contribution is 9.10. The Hall–Kier alpha value is -2.25. The highest BCUT2D eigenvalue weighted by atomic mass is 79.9. The molecule has 118 valence electrons. The Kier molecular flexibility index (Phi) is 6.25. The highest BCUT2D eigenvalue weighted by Gasteiger charge is 2.10. The predicted molar refractivity (Wildman–Crippen MR) is 98.1 cm³/mol. The van der Waals surface area contributed by atoms with Gasteiger partial charge in [-0.25, -0.2) is 0 Å². The summed E-state index contributed by atoms with van der Waals surface area (Å²) >= 11 is 3.48. The van der Waals surface area contributed by atoms with E-state index in [2.05, 4.69) is 45.9 Å². The van der Waals surface area contributed by atoms with Crippen LogP contribution in [0.5, 0.6) is 11.5 Å². The van der Waals surface area contributed by atoms with E-state index in [0.717, 1.165) is 22.1 Å². The average molecular weight is 372 g/mol. The lowest BCUT2D eigenvalue weighted by atomic mass is 10.1. The molecule has 0 N–H and O–H groups in total. The van der Waals surface area contributed by atoms with Crippen molar-refractivity contribution in [3.05, 3.63) is 52.0 Å². The molecule has 3 nitrogen and oxygen atoms in total. The van der Waals surface area contributed by atoms with E-state index >= 15 is 0 Å². The van der Waals surface area contributed by atoms with Crippen molar-refractivity contribution in [1.29, 1.82) is 0 Å². The van der Waals surface area contributed by atoms with Gasteiger partial charge in [-0.05, 0) is 57.7 Å². The molecule has 2 rings (SSSR count). The number of methoxy groups -OCH3 is 1. The van der Waals surface area contributed by atoms with Gasteiger partial charge in [-0.3, -0.25) is 4.99 Å². The summed E-state index contributed by atoms with van der Waals surface area (Å²) in [5.41, 5.74) is 3.11. The molecule has 0 heterocycles. The molecule has 0 aliphatic carbocycles. The van der Waals surface area contributed by atoms with E-state index in [1.54, 1.807) is 13.3 Å². The fraction of sp³-hybridized carbons (Fsp3) is 0.211. The summed E-state index contributed by atoms with van der Waals surface area (Å²) < 4.78 is 11.6. The molecular weight excluding hydrogens is 354 g/mol. The number of hydrogen-bond donors (Lipinski definition) is 0. The number of aliphatic imine (C=N–C) groups is 1. The number of aryl methyl sites for hydroxylation is 1. The number of ether oxygens (including phenoxy) is 2. The first-order valence-corrected chi connectivity index (χ1v) is 8.04. The normalized spacial score (nSPS) is 10.5. The van der Waals surface area contributed by atoms with Crippen LogP contribution >= 0.6 is 15.9 Å². The predicted octanol–water partition coefficient (Wildman–Crippen LogP) is 4.78. The largest absolute Gasteiger partial charge is 0.493 e. The Labute approximate surface area is 145 Å². The van der Waals surface area contributed by atoms with Crippen LogP contribution in [0.3, 0.4) is 0 Å². The van der Waals surface area contributed by atoms with Gasteiger partial charge >= 0.3 is 0 Å². The van der Waals surface area contributed by atoms with Crippen LogP contribution in [0.2, 0.25) is 0 Å². The van der Waals surface area contributed by atoms with Crippen LogP contribution in [0.4, 0.5) is 5.69 Å². The minimum Gasteiger partial charge on any atom is -0.493 e. The fourth-order valence-electron chi connectivity index (χ4n) is 2.04. The van der Waals surface area contributed by atoms with Crippen molar-refractivity contribution in [3.8, 4) is 23.8 Å². The number of nitrogens with zero attached hydrogens (tertiary/aromatic N) is 1. The van der Waals surface area contributed by atoms with E-state index in [0.29, 0.717) is 11.5 Å². The molecule has 0 fully saturated rings. The molecule has 0 amide bonds. The first kappa shape index (κ1) is 17.1. The third kappa shape index (κ3) is 4.61. The van der Waals surface area contributed by atoms with E-state index < -0.39 is 0 Å². The van der Waals surface area contributed by atoms with Gasteiger partial charge in [0.2, 0.25) is 0 Å². The molecule has 4 heteroatoms. The van der Waals surface area contributed by atoms with Gasteiger partial charge in [-0.1, -0.05) is 25.0 Å². The fourth-order valence-corrected chi connectivity index (χ4v) is 2.61. The molecule has 0 atom stereocenters. The summed E-state index contributed by atoms with van der Waals surface area (Å²) in [5.74, 6) is 3.64. The quantitative estimate of drug-likeness (QED) is 0.540. The molecule has 0 bridgehead atoms. The summed E-state index contributed by atoms with van der Waals surface area (Å²) in [6, 6.07) is 12.0. The summed E-state index contributed by atoms with van der Waals surface area (Å²) in [5, 5.41) is 0. The van der Waals surface area contributed by atoms with E-state index in [4.69, 9.17) is 15.9 Å². The smallest absolute Gasteiger partial charge is 0.176 e. The van der Waals surface area contributed by atoms with Gasteiger partial charge in [0.1, 0.15) is 6.61 Å². The Bertz CT molecular complexity index is 730. The number of hydrogen-bond acceptors (Lipinski definition) is 3.